The first kappa shape index (κ1) is 21.2. The van der Waals surface area contributed by atoms with Crippen LogP contribution >= 0.6 is 23.2 Å². The highest BCUT2D eigenvalue weighted by molar-refractivity contribution is 6.33. The number of rotatable bonds is 5. The second-order valence-electron chi connectivity index (χ2n) is 7.41. The molecule has 0 saturated carbocycles. The maximum Gasteiger partial charge on any atom is 0.256 e. The molecule has 0 spiro atoms. The van der Waals surface area contributed by atoms with Crippen LogP contribution < -0.4 is 11.1 Å². The maximum absolute atomic E-state index is 14.0. The van der Waals surface area contributed by atoms with Crippen LogP contribution in [0.5, 0.6) is 0 Å². The molecule has 0 aliphatic heterocycles. The molecule has 0 atom stereocenters. The first-order chi connectivity index (χ1) is 15.9. The van der Waals surface area contributed by atoms with Crippen LogP contribution in [0.15, 0.2) is 49.1 Å². The number of H-pyrrole nitrogens is 1. The fraction of sp³-hybridized carbons (Fsp3) is 0.0909. The largest absolute Gasteiger partial charge is 0.382 e. The van der Waals surface area contributed by atoms with Gasteiger partial charge < -0.3 is 20.6 Å². The molecule has 3 aromatic heterocycles. The SMILES string of the molecule is Nc1ncnc2c1ncn2Cc1cc(Cl)cc2cc(CNC(=O)c3c(F)cccc3Cl)[nH]c12. The van der Waals surface area contributed by atoms with Crippen LogP contribution in [0, 0.1) is 5.82 Å². The van der Waals surface area contributed by atoms with E-state index >= 15 is 0 Å². The zero-order chi connectivity index (χ0) is 23.1. The summed E-state index contributed by atoms with van der Waals surface area (Å²) in [7, 11) is 0. The molecule has 5 rings (SSSR count). The minimum Gasteiger partial charge on any atom is -0.382 e. The number of nitrogens with zero attached hydrogens (tertiary/aromatic N) is 4. The first-order valence-electron chi connectivity index (χ1n) is 9.84. The summed E-state index contributed by atoms with van der Waals surface area (Å²) in [4.78, 5) is 28.3. The van der Waals surface area contributed by atoms with Crippen LogP contribution in [0.25, 0.3) is 22.1 Å². The minimum atomic E-state index is -0.678. The van der Waals surface area contributed by atoms with Crippen LogP contribution in [0.4, 0.5) is 10.2 Å². The van der Waals surface area contributed by atoms with E-state index in [0.29, 0.717) is 28.5 Å². The Hall–Kier alpha value is -3.69. The number of nitrogens with one attached hydrogen (secondary N) is 2. The van der Waals surface area contributed by atoms with E-state index in [0.717, 1.165) is 22.2 Å². The number of amides is 1. The zero-order valence-electron chi connectivity index (χ0n) is 16.9. The number of hydrogen-bond acceptors (Lipinski definition) is 5. The smallest absolute Gasteiger partial charge is 0.256 e. The van der Waals surface area contributed by atoms with Crippen molar-refractivity contribution in [1.29, 1.82) is 0 Å². The number of anilines is 1. The van der Waals surface area contributed by atoms with E-state index in [2.05, 4.69) is 25.3 Å². The Balaban J connectivity index is 1.43. The molecule has 0 bridgehead atoms. The van der Waals surface area contributed by atoms with E-state index in [-0.39, 0.29) is 17.1 Å². The number of aromatic nitrogens is 5. The Bertz CT molecular complexity index is 1510. The van der Waals surface area contributed by atoms with Crippen molar-refractivity contribution in [3.63, 3.8) is 0 Å². The predicted octanol–water partition coefficient (Wildman–Crippen LogP) is 4.31. The molecule has 0 aliphatic carbocycles. The van der Waals surface area contributed by atoms with Crippen LogP contribution in [0.3, 0.4) is 0 Å². The Morgan fingerprint density at radius 2 is 2.03 bits per heavy atom. The summed E-state index contributed by atoms with van der Waals surface area (Å²) in [6, 6.07) is 9.65. The lowest BCUT2D eigenvalue weighted by Gasteiger charge is -2.07. The van der Waals surface area contributed by atoms with Crippen molar-refractivity contribution in [2.75, 3.05) is 5.73 Å². The lowest BCUT2D eigenvalue weighted by atomic mass is 10.1. The van der Waals surface area contributed by atoms with E-state index < -0.39 is 11.7 Å². The number of aromatic amines is 1. The first-order valence-corrected chi connectivity index (χ1v) is 10.6. The van der Waals surface area contributed by atoms with E-state index in [1.807, 2.05) is 22.8 Å². The van der Waals surface area contributed by atoms with Crippen LogP contribution in [-0.4, -0.2) is 30.4 Å². The van der Waals surface area contributed by atoms with Gasteiger partial charge in [-0.15, -0.1) is 0 Å². The number of carbonyl (C=O) groups excluding carboxylic acids is 1. The average molecular weight is 484 g/mol. The van der Waals surface area contributed by atoms with E-state index in [9.17, 15) is 9.18 Å². The Morgan fingerprint density at radius 1 is 1.18 bits per heavy atom. The normalized spacial score (nSPS) is 11.4. The van der Waals surface area contributed by atoms with Gasteiger partial charge in [0.2, 0.25) is 0 Å². The van der Waals surface area contributed by atoms with Gasteiger partial charge in [-0.1, -0.05) is 29.3 Å². The van der Waals surface area contributed by atoms with Crippen molar-refractivity contribution in [2.24, 2.45) is 0 Å². The zero-order valence-corrected chi connectivity index (χ0v) is 18.5. The molecule has 33 heavy (non-hydrogen) atoms. The summed E-state index contributed by atoms with van der Waals surface area (Å²) < 4.78 is 15.9. The number of halogens is 3. The highest BCUT2D eigenvalue weighted by Gasteiger charge is 2.16. The van der Waals surface area contributed by atoms with Gasteiger partial charge in [0.05, 0.1) is 35.5 Å². The molecule has 2 aromatic carbocycles. The van der Waals surface area contributed by atoms with Crippen LogP contribution in [-0.2, 0) is 13.1 Å². The molecule has 8 nitrogen and oxygen atoms in total. The molecule has 166 valence electrons. The van der Waals surface area contributed by atoms with Crippen molar-refractivity contribution < 1.29 is 9.18 Å². The van der Waals surface area contributed by atoms with Crippen molar-refractivity contribution in [1.82, 2.24) is 29.8 Å². The number of hydrogen-bond donors (Lipinski definition) is 3. The fourth-order valence-corrected chi connectivity index (χ4v) is 4.23. The second kappa shape index (κ2) is 8.34. The van der Waals surface area contributed by atoms with Gasteiger partial charge in [0.15, 0.2) is 11.5 Å². The molecule has 0 aliphatic rings. The van der Waals surface area contributed by atoms with Gasteiger partial charge in [-0.3, -0.25) is 4.79 Å². The molecule has 0 radical (unpaired) electrons. The molecular formula is C22H16Cl2FN7O. The molecule has 0 saturated heterocycles. The average Bonchev–Trinajstić information content (AvgIpc) is 3.37. The van der Waals surface area contributed by atoms with Crippen molar-refractivity contribution >= 4 is 57.0 Å². The molecule has 5 aromatic rings. The number of fused-ring (bicyclic) bond motifs is 2. The number of nitrogens with two attached hydrogens (primary N) is 1. The Morgan fingerprint density at radius 3 is 2.85 bits per heavy atom. The lowest BCUT2D eigenvalue weighted by Crippen LogP contribution is -2.24. The molecule has 11 heteroatoms. The third kappa shape index (κ3) is 3.96. The van der Waals surface area contributed by atoms with Crippen molar-refractivity contribution in [3.8, 4) is 0 Å². The summed E-state index contributed by atoms with van der Waals surface area (Å²) in [5, 5.41) is 4.17. The maximum atomic E-state index is 14.0. The molecular weight excluding hydrogens is 468 g/mol. The van der Waals surface area contributed by atoms with Crippen LogP contribution in [0.1, 0.15) is 21.6 Å². The van der Waals surface area contributed by atoms with Gasteiger partial charge in [-0.25, -0.2) is 19.3 Å². The van der Waals surface area contributed by atoms with Gasteiger partial charge in [-0.05, 0) is 35.9 Å². The Labute approximate surface area is 196 Å². The quantitative estimate of drug-likeness (QED) is 0.344. The summed E-state index contributed by atoms with van der Waals surface area (Å²) in [6.07, 6.45) is 3.03. The van der Waals surface area contributed by atoms with Gasteiger partial charge in [-0.2, -0.15) is 0 Å². The van der Waals surface area contributed by atoms with Gasteiger partial charge >= 0.3 is 0 Å². The number of nitrogen functional groups attached to an aromatic ring is 1. The van der Waals surface area contributed by atoms with E-state index in [1.165, 1.54) is 24.5 Å². The fourth-order valence-electron chi connectivity index (χ4n) is 3.73. The van der Waals surface area contributed by atoms with E-state index in [4.69, 9.17) is 28.9 Å². The molecule has 0 fully saturated rings. The van der Waals surface area contributed by atoms with Crippen molar-refractivity contribution in [2.45, 2.75) is 13.1 Å². The third-order valence-corrected chi connectivity index (χ3v) is 5.76. The number of carbonyl (C=O) groups is 1. The minimum absolute atomic E-state index is 0.0511. The summed E-state index contributed by atoms with van der Waals surface area (Å²) >= 11 is 12.3. The number of benzene rings is 2. The van der Waals surface area contributed by atoms with Crippen molar-refractivity contribution in [3.05, 3.63) is 81.7 Å². The molecule has 4 N–H and O–H groups in total. The Kier molecular flexibility index (Phi) is 5.35. The number of imidazole rings is 1. The summed E-state index contributed by atoms with van der Waals surface area (Å²) in [5.41, 5.74) is 9.28. The molecule has 1 amide bonds. The second-order valence-corrected chi connectivity index (χ2v) is 8.25. The van der Waals surface area contributed by atoms with Gasteiger partial charge in [0.25, 0.3) is 5.91 Å². The summed E-state index contributed by atoms with van der Waals surface area (Å²) in [5.74, 6) is -0.970. The molecule has 3 heterocycles. The van der Waals surface area contributed by atoms with E-state index in [1.54, 1.807) is 6.33 Å². The van der Waals surface area contributed by atoms with Crippen LogP contribution in [0.2, 0.25) is 10.0 Å². The topological polar surface area (TPSA) is 115 Å². The van der Waals surface area contributed by atoms with Gasteiger partial charge in [0.1, 0.15) is 17.7 Å². The highest BCUT2D eigenvalue weighted by Crippen LogP contribution is 2.27. The summed E-state index contributed by atoms with van der Waals surface area (Å²) in [6.45, 7) is 0.578. The monoisotopic (exact) mass is 483 g/mol. The predicted molar refractivity (Wildman–Crippen MR) is 125 cm³/mol. The lowest BCUT2D eigenvalue weighted by molar-refractivity contribution is 0.0946. The highest BCUT2D eigenvalue weighted by atomic mass is 35.5. The standard InChI is InChI=1S/C22H16Cl2FN7O/c23-13-4-11-6-14(7-27-22(33)17-15(24)2-1-3-16(17)25)31-18(11)12(5-13)8-32-10-30-19-20(26)28-9-29-21(19)32/h1-6,9-10,31H,7-8H2,(H,27,33)(H2,26,28,29). The van der Waals surface area contributed by atoms with Gasteiger partial charge in [0, 0.05) is 16.1 Å². The molecule has 0 unspecified atom stereocenters. The third-order valence-electron chi connectivity index (χ3n) is 5.23.